The molecule has 0 aliphatic carbocycles. The van der Waals surface area contributed by atoms with E-state index in [-0.39, 0.29) is 5.82 Å². The highest BCUT2D eigenvalue weighted by atomic mass is 19.1. The molecule has 2 saturated heterocycles. The van der Waals surface area contributed by atoms with E-state index in [2.05, 4.69) is 26.9 Å². The third-order valence-electron chi connectivity index (χ3n) is 4.81. The quantitative estimate of drug-likeness (QED) is 0.874. The summed E-state index contributed by atoms with van der Waals surface area (Å²) in [6.07, 6.45) is 2.70. The van der Waals surface area contributed by atoms with Gasteiger partial charge in [0, 0.05) is 37.9 Å². The topological polar surface area (TPSA) is 43.2 Å². The second-order valence-corrected chi connectivity index (χ2v) is 6.25. The van der Waals surface area contributed by atoms with Crippen LogP contribution in [0.3, 0.4) is 0 Å². The fourth-order valence-electron chi connectivity index (χ4n) is 3.76. The summed E-state index contributed by atoms with van der Waals surface area (Å²) >= 11 is 0. The summed E-state index contributed by atoms with van der Waals surface area (Å²) < 4.78 is 13.9. The van der Waals surface area contributed by atoms with E-state index >= 15 is 0 Å². The van der Waals surface area contributed by atoms with Gasteiger partial charge in [0.15, 0.2) is 11.6 Å². The number of likely N-dealkylation sites (tertiary alicyclic amines) is 1. The minimum atomic E-state index is -0.242. The van der Waals surface area contributed by atoms with Crippen LogP contribution < -0.4 is 4.90 Å². The number of hydrogen-bond acceptors (Lipinski definition) is 4. The Labute approximate surface area is 134 Å². The molecule has 2 unspecified atom stereocenters. The van der Waals surface area contributed by atoms with E-state index in [1.165, 1.54) is 6.07 Å². The number of piperazine rings is 1. The molecular weight excluding hydrogens is 291 g/mol. The lowest BCUT2D eigenvalue weighted by Crippen LogP contribution is -2.46. The highest BCUT2D eigenvalue weighted by Crippen LogP contribution is 2.35. The number of rotatable bonds is 3. The van der Waals surface area contributed by atoms with Crippen molar-refractivity contribution in [3.05, 3.63) is 59.5 Å². The van der Waals surface area contributed by atoms with Crippen LogP contribution in [0.1, 0.15) is 17.5 Å². The van der Waals surface area contributed by atoms with Gasteiger partial charge in [-0.3, -0.25) is 4.90 Å². The number of pyridine rings is 1. The molecule has 1 aromatic carbocycles. The third kappa shape index (κ3) is 2.55. The molecule has 2 atom stereocenters. The van der Waals surface area contributed by atoms with Crippen molar-refractivity contribution in [3.63, 3.8) is 0 Å². The Kier molecular flexibility index (Phi) is 3.47. The van der Waals surface area contributed by atoms with Gasteiger partial charge in [-0.15, -0.1) is 0 Å². The summed E-state index contributed by atoms with van der Waals surface area (Å²) in [7, 11) is 0. The van der Waals surface area contributed by atoms with Gasteiger partial charge in [0.1, 0.15) is 0 Å². The SMILES string of the molecule is N#Cc1cccc(CN2CC3CC2CN3c2ncccc2F)c1. The van der Waals surface area contributed by atoms with Crippen molar-refractivity contribution in [1.82, 2.24) is 9.88 Å². The van der Waals surface area contributed by atoms with Crippen molar-refractivity contribution in [3.8, 4) is 6.07 Å². The van der Waals surface area contributed by atoms with Gasteiger partial charge in [0.25, 0.3) is 0 Å². The van der Waals surface area contributed by atoms with Crippen molar-refractivity contribution in [1.29, 1.82) is 5.26 Å². The summed E-state index contributed by atoms with van der Waals surface area (Å²) in [6, 6.07) is 13.8. The van der Waals surface area contributed by atoms with Crippen molar-refractivity contribution >= 4 is 5.82 Å². The Hall–Kier alpha value is -2.45. The second kappa shape index (κ2) is 5.64. The monoisotopic (exact) mass is 308 g/mol. The highest BCUT2D eigenvalue weighted by molar-refractivity contribution is 5.44. The average Bonchev–Trinajstić information content (AvgIpc) is 3.15. The first-order valence-corrected chi connectivity index (χ1v) is 7.85. The minimum absolute atomic E-state index is 0.242. The molecule has 2 aromatic rings. The molecule has 2 bridgehead atoms. The highest BCUT2D eigenvalue weighted by Gasteiger charge is 2.44. The molecule has 116 valence electrons. The second-order valence-electron chi connectivity index (χ2n) is 6.25. The first-order chi connectivity index (χ1) is 11.2. The van der Waals surface area contributed by atoms with Crippen molar-refractivity contribution < 1.29 is 4.39 Å². The smallest absolute Gasteiger partial charge is 0.165 e. The Balaban J connectivity index is 1.47. The molecule has 2 fully saturated rings. The van der Waals surface area contributed by atoms with Crippen LogP contribution in [0.5, 0.6) is 0 Å². The van der Waals surface area contributed by atoms with Crippen LogP contribution in [-0.2, 0) is 6.54 Å². The molecule has 1 aromatic heterocycles. The number of benzene rings is 1. The molecule has 2 aliphatic heterocycles. The van der Waals surface area contributed by atoms with E-state index in [4.69, 9.17) is 5.26 Å². The van der Waals surface area contributed by atoms with Gasteiger partial charge in [0.2, 0.25) is 0 Å². The zero-order chi connectivity index (χ0) is 15.8. The Bertz CT molecular complexity index is 770. The van der Waals surface area contributed by atoms with Crippen LogP contribution in [0.15, 0.2) is 42.6 Å². The maximum Gasteiger partial charge on any atom is 0.165 e. The van der Waals surface area contributed by atoms with Crippen LogP contribution in [0.4, 0.5) is 10.2 Å². The predicted octanol–water partition coefficient (Wildman–Crippen LogP) is 2.56. The van der Waals surface area contributed by atoms with E-state index in [0.717, 1.165) is 31.6 Å². The summed E-state index contributed by atoms with van der Waals surface area (Å²) in [6.45, 7) is 2.57. The third-order valence-corrected chi connectivity index (χ3v) is 4.81. The molecule has 0 N–H and O–H groups in total. The fraction of sp³-hybridized carbons (Fsp3) is 0.333. The minimum Gasteiger partial charge on any atom is -0.348 e. The molecule has 0 amide bonds. The zero-order valence-electron chi connectivity index (χ0n) is 12.7. The van der Waals surface area contributed by atoms with Gasteiger partial charge in [-0.2, -0.15) is 5.26 Å². The fourth-order valence-corrected chi connectivity index (χ4v) is 3.76. The number of hydrogen-bond donors (Lipinski definition) is 0. The maximum atomic E-state index is 13.9. The van der Waals surface area contributed by atoms with E-state index in [9.17, 15) is 4.39 Å². The number of halogens is 1. The molecular formula is C18H17FN4. The summed E-state index contributed by atoms with van der Waals surface area (Å²) in [5.74, 6) is 0.236. The van der Waals surface area contributed by atoms with Crippen LogP contribution in [0, 0.1) is 17.1 Å². The molecule has 3 heterocycles. The Morgan fingerprint density at radius 1 is 1.22 bits per heavy atom. The van der Waals surface area contributed by atoms with E-state index in [1.807, 2.05) is 18.2 Å². The molecule has 0 saturated carbocycles. The summed E-state index contributed by atoms with van der Waals surface area (Å²) in [4.78, 5) is 8.74. The van der Waals surface area contributed by atoms with Gasteiger partial charge in [-0.1, -0.05) is 12.1 Å². The van der Waals surface area contributed by atoms with Crippen LogP contribution in [0.25, 0.3) is 0 Å². The molecule has 4 nitrogen and oxygen atoms in total. The molecule has 4 rings (SSSR count). The van der Waals surface area contributed by atoms with Crippen LogP contribution >= 0.6 is 0 Å². The van der Waals surface area contributed by atoms with Gasteiger partial charge >= 0.3 is 0 Å². The van der Waals surface area contributed by atoms with Crippen molar-refractivity contribution in [2.75, 3.05) is 18.0 Å². The largest absolute Gasteiger partial charge is 0.348 e. The molecule has 5 heteroatoms. The number of nitrogens with zero attached hydrogens (tertiary/aromatic N) is 4. The standard InChI is InChI=1S/C18H17FN4/c19-17-5-2-6-21-18(17)23-12-15-8-16(23)11-22(15)10-14-4-1-3-13(7-14)9-20/h1-7,15-16H,8,10-12H2. The normalized spacial score (nSPS) is 23.2. The average molecular weight is 308 g/mol. The number of anilines is 1. The lowest BCUT2D eigenvalue weighted by molar-refractivity contribution is 0.229. The van der Waals surface area contributed by atoms with Crippen molar-refractivity contribution in [2.24, 2.45) is 0 Å². The van der Waals surface area contributed by atoms with Crippen LogP contribution in [0.2, 0.25) is 0 Å². The first-order valence-electron chi connectivity index (χ1n) is 7.85. The van der Waals surface area contributed by atoms with E-state index in [1.54, 1.807) is 12.3 Å². The van der Waals surface area contributed by atoms with Gasteiger partial charge in [-0.25, -0.2) is 9.37 Å². The Morgan fingerprint density at radius 3 is 2.87 bits per heavy atom. The zero-order valence-corrected chi connectivity index (χ0v) is 12.7. The van der Waals surface area contributed by atoms with E-state index < -0.39 is 0 Å². The van der Waals surface area contributed by atoms with E-state index in [0.29, 0.717) is 23.5 Å². The lowest BCUT2D eigenvalue weighted by Gasteiger charge is -2.35. The van der Waals surface area contributed by atoms with Gasteiger partial charge in [0.05, 0.1) is 11.6 Å². The molecule has 2 aliphatic rings. The first kappa shape index (κ1) is 14.2. The number of fused-ring (bicyclic) bond motifs is 2. The summed E-state index contributed by atoms with van der Waals surface area (Å²) in [5, 5.41) is 9.00. The van der Waals surface area contributed by atoms with Crippen molar-refractivity contribution in [2.45, 2.75) is 25.0 Å². The number of nitriles is 1. The molecule has 0 spiro atoms. The summed E-state index contributed by atoms with van der Waals surface area (Å²) in [5.41, 5.74) is 1.86. The van der Waals surface area contributed by atoms with Gasteiger partial charge < -0.3 is 4.90 Å². The molecule has 23 heavy (non-hydrogen) atoms. The molecule has 0 radical (unpaired) electrons. The lowest BCUT2D eigenvalue weighted by atomic mass is 10.1. The van der Waals surface area contributed by atoms with Gasteiger partial charge in [-0.05, 0) is 36.2 Å². The Morgan fingerprint density at radius 2 is 2.13 bits per heavy atom. The number of aromatic nitrogens is 1. The predicted molar refractivity (Wildman–Crippen MR) is 85.3 cm³/mol. The maximum absolute atomic E-state index is 13.9. The van der Waals surface area contributed by atoms with Crippen LogP contribution in [-0.4, -0.2) is 35.1 Å².